The molecule has 2 heterocycles. The molecule has 1 amide bonds. The van der Waals surface area contributed by atoms with Gasteiger partial charge in [0.1, 0.15) is 11.9 Å². The van der Waals surface area contributed by atoms with E-state index in [1.54, 1.807) is 6.20 Å². The maximum absolute atomic E-state index is 11.5. The molecule has 0 bridgehead atoms. The number of primary amides is 1. The molecule has 2 N–H and O–H groups in total. The van der Waals surface area contributed by atoms with E-state index in [1.807, 2.05) is 41.3 Å². The second kappa shape index (κ2) is 7.05. The third kappa shape index (κ3) is 3.74. The van der Waals surface area contributed by atoms with Crippen molar-refractivity contribution in [1.82, 2.24) is 9.97 Å². The zero-order valence-corrected chi connectivity index (χ0v) is 12.9. The van der Waals surface area contributed by atoms with Crippen LogP contribution in [0.1, 0.15) is 24.2 Å². The van der Waals surface area contributed by atoms with Crippen LogP contribution in [0.2, 0.25) is 0 Å². The van der Waals surface area contributed by atoms with Gasteiger partial charge in [0, 0.05) is 12.7 Å². The standard InChI is InChI=1S/C18H20N4O/c19-18(23)15-9-5-13-22(15)17-11-12-20-16(21-17)10-4-8-14-6-2-1-3-7-14/h1-4,6-7,10-12,15H,5,8-9,13H2,(H2,19,23)/b10-4+/t15-/m0/s1. The van der Waals surface area contributed by atoms with E-state index in [0.717, 1.165) is 31.6 Å². The van der Waals surface area contributed by atoms with Crippen LogP contribution in [0.25, 0.3) is 6.08 Å². The monoisotopic (exact) mass is 308 g/mol. The molecule has 1 saturated heterocycles. The topological polar surface area (TPSA) is 72.1 Å². The summed E-state index contributed by atoms with van der Waals surface area (Å²) in [5, 5.41) is 0. The number of allylic oxidation sites excluding steroid dienone is 1. The molecule has 1 aliphatic rings. The summed E-state index contributed by atoms with van der Waals surface area (Å²) in [6, 6.07) is 11.8. The Labute approximate surface area is 135 Å². The molecule has 5 heteroatoms. The molecule has 2 aromatic rings. The minimum absolute atomic E-state index is 0.258. The first-order valence-corrected chi connectivity index (χ1v) is 7.83. The Hall–Kier alpha value is -2.69. The van der Waals surface area contributed by atoms with Gasteiger partial charge >= 0.3 is 0 Å². The zero-order valence-electron chi connectivity index (χ0n) is 12.9. The van der Waals surface area contributed by atoms with Gasteiger partial charge in [0.2, 0.25) is 5.91 Å². The van der Waals surface area contributed by atoms with Crippen LogP contribution in [-0.4, -0.2) is 28.5 Å². The molecule has 0 radical (unpaired) electrons. The van der Waals surface area contributed by atoms with E-state index in [1.165, 1.54) is 5.56 Å². The highest BCUT2D eigenvalue weighted by Gasteiger charge is 2.29. The lowest BCUT2D eigenvalue weighted by atomic mass is 10.1. The predicted octanol–water partition coefficient (Wildman–Crippen LogP) is 2.19. The maximum atomic E-state index is 11.5. The largest absolute Gasteiger partial charge is 0.368 e. The lowest BCUT2D eigenvalue weighted by molar-refractivity contribution is -0.119. The molecule has 1 aromatic carbocycles. The first-order chi connectivity index (χ1) is 11.2. The van der Waals surface area contributed by atoms with Crippen LogP contribution in [-0.2, 0) is 11.2 Å². The Kier molecular flexibility index (Phi) is 4.66. The number of amides is 1. The molecular formula is C18H20N4O. The number of aromatic nitrogens is 2. The number of nitrogens with zero attached hydrogens (tertiary/aromatic N) is 3. The van der Waals surface area contributed by atoms with Crippen molar-refractivity contribution in [2.75, 3.05) is 11.4 Å². The van der Waals surface area contributed by atoms with Gasteiger partial charge < -0.3 is 10.6 Å². The minimum atomic E-state index is -0.290. The maximum Gasteiger partial charge on any atom is 0.240 e. The fourth-order valence-electron chi connectivity index (χ4n) is 2.86. The first kappa shape index (κ1) is 15.2. The quantitative estimate of drug-likeness (QED) is 0.919. The van der Waals surface area contributed by atoms with Crippen LogP contribution in [0, 0.1) is 0 Å². The Bertz CT molecular complexity index is 699. The average Bonchev–Trinajstić information content (AvgIpc) is 3.06. The van der Waals surface area contributed by atoms with Crippen molar-refractivity contribution in [1.29, 1.82) is 0 Å². The van der Waals surface area contributed by atoms with Gasteiger partial charge in [0.25, 0.3) is 0 Å². The lowest BCUT2D eigenvalue weighted by Gasteiger charge is -2.23. The molecule has 1 atom stereocenters. The third-order valence-electron chi connectivity index (χ3n) is 4.00. The fourth-order valence-corrected chi connectivity index (χ4v) is 2.86. The van der Waals surface area contributed by atoms with Crippen molar-refractivity contribution in [3.05, 3.63) is 60.1 Å². The Balaban J connectivity index is 1.71. The normalized spacial score (nSPS) is 17.7. The van der Waals surface area contributed by atoms with E-state index < -0.39 is 0 Å². The number of nitrogens with two attached hydrogens (primary N) is 1. The summed E-state index contributed by atoms with van der Waals surface area (Å²) in [6.45, 7) is 0.803. The van der Waals surface area contributed by atoms with E-state index in [2.05, 4.69) is 22.1 Å². The molecule has 0 spiro atoms. The van der Waals surface area contributed by atoms with Gasteiger partial charge in [-0.15, -0.1) is 0 Å². The first-order valence-electron chi connectivity index (χ1n) is 7.83. The van der Waals surface area contributed by atoms with Crippen LogP contribution < -0.4 is 10.6 Å². The van der Waals surface area contributed by atoms with E-state index in [9.17, 15) is 4.79 Å². The van der Waals surface area contributed by atoms with Crippen molar-refractivity contribution >= 4 is 17.8 Å². The molecule has 23 heavy (non-hydrogen) atoms. The smallest absolute Gasteiger partial charge is 0.240 e. The van der Waals surface area contributed by atoms with E-state index in [4.69, 9.17) is 5.73 Å². The van der Waals surface area contributed by atoms with Gasteiger partial charge in [-0.2, -0.15) is 0 Å². The molecule has 118 valence electrons. The molecule has 0 unspecified atom stereocenters. The highest BCUT2D eigenvalue weighted by Crippen LogP contribution is 2.23. The number of rotatable bonds is 5. The second-order valence-corrected chi connectivity index (χ2v) is 5.62. The van der Waals surface area contributed by atoms with Gasteiger partial charge in [0.15, 0.2) is 5.82 Å². The van der Waals surface area contributed by atoms with E-state index in [-0.39, 0.29) is 11.9 Å². The summed E-state index contributed by atoms with van der Waals surface area (Å²) in [7, 11) is 0. The highest BCUT2D eigenvalue weighted by molar-refractivity contribution is 5.83. The SMILES string of the molecule is NC(=O)[C@@H]1CCCN1c1ccnc(/C=C/Cc2ccccc2)n1. The summed E-state index contributed by atoms with van der Waals surface area (Å²) < 4.78 is 0. The second-order valence-electron chi connectivity index (χ2n) is 5.62. The minimum Gasteiger partial charge on any atom is -0.368 e. The van der Waals surface area contributed by atoms with Crippen LogP contribution in [0.4, 0.5) is 5.82 Å². The molecule has 1 aliphatic heterocycles. The number of benzene rings is 1. The van der Waals surface area contributed by atoms with Crippen molar-refractivity contribution in [2.24, 2.45) is 5.73 Å². The highest BCUT2D eigenvalue weighted by atomic mass is 16.1. The van der Waals surface area contributed by atoms with Gasteiger partial charge in [-0.1, -0.05) is 36.4 Å². The Morgan fingerprint density at radius 3 is 2.91 bits per heavy atom. The van der Waals surface area contributed by atoms with Crippen molar-refractivity contribution in [3.8, 4) is 0 Å². The van der Waals surface area contributed by atoms with Crippen molar-refractivity contribution < 1.29 is 4.79 Å². The summed E-state index contributed by atoms with van der Waals surface area (Å²) >= 11 is 0. The average molecular weight is 308 g/mol. The molecule has 0 saturated carbocycles. The van der Waals surface area contributed by atoms with Crippen molar-refractivity contribution in [3.63, 3.8) is 0 Å². The fraction of sp³-hybridized carbons (Fsp3) is 0.278. The van der Waals surface area contributed by atoms with E-state index >= 15 is 0 Å². The van der Waals surface area contributed by atoms with Crippen LogP contribution in [0.5, 0.6) is 0 Å². The van der Waals surface area contributed by atoms with Crippen LogP contribution in [0.3, 0.4) is 0 Å². The molecule has 1 fully saturated rings. The Morgan fingerprint density at radius 1 is 1.30 bits per heavy atom. The zero-order chi connectivity index (χ0) is 16.1. The van der Waals surface area contributed by atoms with Crippen molar-refractivity contribution in [2.45, 2.75) is 25.3 Å². The summed E-state index contributed by atoms with van der Waals surface area (Å²) in [4.78, 5) is 22.3. The third-order valence-corrected chi connectivity index (χ3v) is 4.00. The number of carbonyl (C=O) groups excluding carboxylic acids is 1. The van der Waals surface area contributed by atoms with Gasteiger partial charge in [-0.05, 0) is 37.0 Å². The summed E-state index contributed by atoms with van der Waals surface area (Å²) in [5.41, 5.74) is 6.71. The predicted molar refractivity (Wildman–Crippen MR) is 90.8 cm³/mol. The summed E-state index contributed by atoms with van der Waals surface area (Å²) in [6.07, 6.45) is 8.26. The number of hydrogen-bond acceptors (Lipinski definition) is 4. The molecule has 1 aromatic heterocycles. The lowest BCUT2D eigenvalue weighted by Crippen LogP contribution is -2.40. The van der Waals surface area contributed by atoms with Gasteiger partial charge in [-0.25, -0.2) is 9.97 Å². The molecule has 0 aliphatic carbocycles. The number of hydrogen-bond donors (Lipinski definition) is 1. The Morgan fingerprint density at radius 2 is 2.13 bits per heavy atom. The van der Waals surface area contributed by atoms with E-state index in [0.29, 0.717) is 5.82 Å². The number of carbonyl (C=O) groups is 1. The van der Waals surface area contributed by atoms with Gasteiger partial charge in [-0.3, -0.25) is 4.79 Å². The number of anilines is 1. The molecule has 5 nitrogen and oxygen atoms in total. The molecular weight excluding hydrogens is 288 g/mol. The van der Waals surface area contributed by atoms with Crippen LogP contribution in [0.15, 0.2) is 48.7 Å². The van der Waals surface area contributed by atoms with Crippen LogP contribution >= 0.6 is 0 Å². The molecule has 3 rings (SSSR count). The summed E-state index contributed by atoms with van der Waals surface area (Å²) in [5.74, 6) is 1.12. The van der Waals surface area contributed by atoms with Gasteiger partial charge in [0.05, 0.1) is 0 Å².